The fraction of sp³-hybridized carbons (Fsp3) is 0.565. The van der Waals surface area contributed by atoms with E-state index in [9.17, 15) is 19.2 Å². The van der Waals surface area contributed by atoms with Gasteiger partial charge in [0.25, 0.3) is 5.91 Å². The van der Waals surface area contributed by atoms with Gasteiger partial charge in [0.15, 0.2) is 0 Å². The molecule has 3 amide bonds. The normalized spacial score (nSPS) is 14.2. The van der Waals surface area contributed by atoms with E-state index in [1.54, 1.807) is 56.9 Å². The molecule has 10 heteroatoms. The summed E-state index contributed by atoms with van der Waals surface area (Å²) in [5, 5.41) is 5.51. The summed E-state index contributed by atoms with van der Waals surface area (Å²) in [6, 6.07) is 6.26. The Bertz CT molecular complexity index is 825. The van der Waals surface area contributed by atoms with Crippen molar-refractivity contribution in [2.75, 3.05) is 26.2 Å². The molecule has 2 N–H and O–H groups in total. The molecular formula is C23H33N3O7. The van der Waals surface area contributed by atoms with E-state index in [1.807, 2.05) is 0 Å². The first kappa shape index (κ1) is 26.0. The molecule has 33 heavy (non-hydrogen) atoms. The third-order valence-corrected chi connectivity index (χ3v) is 4.73. The topological polar surface area (TPSA) is 123 Å². The summed E-state index contributed by atoms with van der Waals surface area (Å²) in [5.74, 6) is 0.0182. The van der Waals surface area contributed by atoms with Crippen molar-refractivity contribution in [3.8, 4) is 5.75 Å². The second-order valence-corrected chi connectivity index (χ2v) is 8.62. The van der Waals surface area contributed by atoms with Crippen molar-refractivity contribution in [1.29, 1.82) is 0 Å². The van der Waals surface area contributed by atoms with E-state index in [4.69, 9.17) is 14.2 Å². The zero-order valence-electron chi connectivity index (χ0n) is 19.6. The minimum Gasteiger partial charge on any atom is -0.444 e. The molecule has 0 saturated carbocycles. The number of nitrogens with zero attached hydrogens (tertiary/aromatic N) is 1. The van der Waals surface area contributed by atoms with Gasteiger partial charge in [-0.3, -0.25) is 9.59 Å². The van der Waals surface area contributed by atoms with Gasteiger partial charge in [0, 0.05) is 37.7 Å². The van der Waals surface area contributed by atoms with E-state index in [0.717, 1.165) is 0 Å². The first-order valence-corrected chi connectivity index (χ1v) is 11.1. The molecule has 1 aliphatic rings. The smallest absolute Gasteiger partial charge is 0.444 e. The molecule has 1 heterocycles. The highest BCUT2D eigenvalue weighted by atomic mass is 16.7. The van der Waals surface area contributed by atoms with Gasteiger partial charge in [-0.1, -0.05) is 0 Å². The number of ether oxygens (including phenoxy) is 3. The fourth-order valence-corrected chi connectivity index (χ4v) is 3.21. The molecular weight excluding hydrogens is 430 g/mol. The van der Waals surface area contributed by atoms with Crippen molar-refractivity contribution < 1.29 is 33.4 Å². The fourth-order valence-electron chi connectivity index (χ4n) is 3.21. The van der Waals surface area contributed by atoms with Crippen molar-refractivity contribution in [2.45, 2.75) is 58.6 Å². The predicted molar refractivity (Wildman–Crippen MR) is 120 cm³/mol. The van der Waals surface area contributed by atoms with Crippen LogP contribution in [0.1, 0.15) is 57.3 Å². The van der Waals surface area contributed by atoms with E-state index < -0.39 is 17.8 Å². The van der Waals surface area contributed by atoms with E-state index in [1.165, 1.54) is 0 Å². The standard InChI is InChI=1S/C23H33N3O7/c1-5-31-22(30)32-18-8-6-16(7-9-18)20(28)26-14-11-17(12-15-26)25-19(27)10-13-24-21(29)33-23(2,3)4/h6-9,17H,5,10-15H2,1-4H3,(H,24,29)(H,25,27). The maximum atomic E-state index is 12.7. The van der Waals surface area contributed by atoms with Gasteiger partial charge in [-0.15, -0.1) is 0 Å². The number of piperidine rings is 1. The summed E-state index contributed by atoms with van der Waals surface area (Å²) in [4.78, 5) is 49.5. The highest BCUT2D eigenvalue weighted by Gasteiger charge is 2.25. The van der Waals surface area contributed by atoms with E-state index >= 15 is 0 Å². The molecule has 1 aliphatic heterocycles. The monoisotopic (exact) mass is 463 g/mol. The first-order chi connectivity index (χ1) is 15.6. The Hall–Kier alpha value is -3.30. The van der Waals surface area contributed by atoms with E-state index in [0.29, 0.717) is 37.2 Å². The Morgan fingerprint density at radius 1 is 1.06 bits per heavy atom. The minimum absolute atomic E-state index is 0.0246. The molecule has 0 atom stereocenters. The summed E-state index contributed by atoms with van der Waals surface area (Å²) in [6.45, 7) is 8.43. The minimum atomic E-state index is -0.790. The van der Waals surface area contributed by atoms with Gasteiger partial charge < -0.3 is 29.7 Å². The Labute approximate surface area is 193 Å². The SMILES string of the molecule is CCOC(=O)Oc1ccc(C(=O)N2CCC(NC(=O)CCNC(=O)OC(C)(C)C)CC2)cc1. The highest BCUT2D eigenvalue weighted by molar-refractivity contribution is 5.94. The highest BCUT2D eigenvalue weighted by Crippen LogP contribution is 2.17. The molecule has 0 aromatic heterocycles. The summed E-state index contributed by atoms with van der Waals surface area (Å²) in [6.07, 6.45) is 0.0876. The van der Waals surface area contributed by atoms with Crippen molar-refractivity contribution in [1.82, 2.24) is 15.5 Å². The van der Waals surface area contributed by atoms with Gasteiger partial charge in [-0.2, -0.15) is 0 Å². The lowest BCUT2D eigenvalue weighted by molar-refractivity contribution is -0.121. The van der Waals surface area contributed by atoms with Crippen LogP contribution in [-0.2, 0) is 14.3 Å². The van der Waals surface area contributed by atoms with Gasteiger partial charge in [-0.05, 0) is 64.8 Å². The lowest BCUT2D eigenvalue weighted by Gasteiger charge is -2.32. The third-order valence-electron chi connectivity index (χ3n) is 4.73. The molecule has 0 bridgehead atoms. The number of benzene rings is 1. The Morgan fingerprint density at radius 3 is 2.27 bits per heavy atom. The van der Waals surface area contributed by atoms with Crippen molar-refractivity contribution in [2.24, 2.45) is 0 Å². The van der Waals surface area contributed by atoms with Crippen LogP contribution in [0.15, 0.2) is 24.3 Å². The number of carbonyl (C=O) groups is 4. The average molecular weight is 464 g/mol. The molecule has 0 spiro atoms. The van der Waals surface area contributed by atoms with Crippen LogP contribution >= 0.6 is 0 Å². The number of carbonyl (C=O) groups excluding carboxylic acids is 4. The van der Waals surface area contributed by atoms with Crippen LogP contribution in [0.4, 0.5) is 9.59 Å². The molecule has 182 valence electrons. The maximum absolute atomic E-state index is 12.7. The molecule has 1 aromatic carbocycles. The van der Waals surface area contributed by atoms with E-state index in [-0.39, 0.29) is 37.4 Å². The molecule has 10 nitrogen and oxygen atoms in total. The number of nitrogens with one attached hydrogen (secondary N) is 2. The van der Waals surface area contributed by atoms with Crippen LogP contribution in [0.5, 0.6) is 5.75 Å². The van der Waals surface area contributed by atoms with Crippen LogP contribution in [0.25, 0.3) is 0 Å². The summed E-state index contributed by atoms with van der Waals surface area (Å²) in [7, 11) is 0. The molecule has 1 saturated heterocycles. The molecule has 1 aromatic rings. The van der Waals surface area contributed by atoms with Gasteiger partial charge in [0.2, 0.25) is 5.91 Å². The number of hydrogen-bond donors (Lipinski definition) is 2. The number of hydrogen-bond acceptors (Lipinski definition) is 7. The predicted octanol–water partition coefficient (Wildman–Crippen LogP) is 2.86. The Balaban J connectivity index is 1.71. The van der Waals surface area contributed by atoms with Crippen LogP contribution in [-0.4, -0.2) is 66.8 Å². The number of alkyl carbamates (subject to hydrolysis) is 1. The zero-order chi connectivity index (χ0) is 24.4. The second-order valence-electron chi connectivity index (χ2n) is 8.62. The number of likely N-dealkylation sites (tertiary alicyclic amines) is 1. The van der Waals surface area contributed by atoms with Crippen molar-refractivity contribution in [3.63, 3.8) is 0 Å². The zero-order valence-corrected chi connectivity index (χ0v) is 19.6. The lowest BCUT2D eigenvalue weighted by Crippen LogP contribution is -2.47. The van der Waals surface area contributed by atoms with Crippen LogP contribution in [0, 0.1) is 0 Å². The number of amides is 3. The van der Waals surface area contributed by atoms with E-state index in [2.05, 4.69) is 10.6 Å². The lowest BCUT2D eigenvalue weighted by atomic mass is 10.0. The summed E-state index contributed by atoms with van der Waals surface area (Å²) in [5.41, 5.74) is -0.0992. The summed E-state index contributed by atoms with van der Waals surface area (Å²) < 4.78 is 14.8. The quantitative estimate of drug-likeness (QED) is 0.471. The maximum Gasteiger partial charge on any atom is 0.513 e. The van der Waals surface area contributed by atoms with Crippen molar-refractivity contribution in [3.05, 3.63) is 29.8 Å². The number of rotatable bonds is 7. The van der Waals surface area contributed by atoms with Crippen LogP contribution in [0.2, 0.25) is 0 Å². The van der Waals surface area contributed by atoms with Gasteiger partial charge in [-0.25, -0.2) is 9.59 Å². The Kier molecular flexibility index (Phi) is 9.50. The van der Waals surface area contributed by atoms with Crippen LogP contribution < -0.4 is 15.4 Å². The first-order valence-electron chi connectivity index (χ1n) is 11.1. The van der Waals surface area contributed by atoms with Crippen molar-refractivity contribution >= 4 is 24.1 Å². The molecule has 0 aliphatic carbocycles. The summed E-state index contributed by atoms with van der Waals surface area (Å²) >= 11 is 0. The molecule has 2 rings (SSSR count). The molecule has 1 fully saturated rings. The van der Waals surface area contributed by atoms with Crippen LogP contribution in [0.3, 0.4) is 0 Å². The van der Waals surface area contributed by atoms with Gasteiger partial charge >= 0.3 is 12.2 Å². The average Bonchev–Trinajstić information content (AvgIpc) is 2.73. The second kappa shape index (κ2) is 12.1. The third kappa shape index (κ3) is 9.38. The molecule has 0 unspecified atom stereocenters. The largest absolute Gasteiger partial charge is 0.513 e. The van der Waals surface area contributed by atoms with Gasteiger partial charge in [0.05, 0.1) is 6.61 Å². The Morgan fingerprint density at radius 2 is 1.70 bits per heavy atom. The molecule has 0 radical (unpaired) electrons. The van der Waals surface area contributed by atoms with Gasteiger partial charge in [0.1, 0.15) is 11.4 Å².